The monoisotopic (exact) mass is 850 g/mol. The van der Waals surface area contributed by atoms with Crippen LogP contribution in [0.25, 0.3) is 0 Å². The molecule has 0 radical (unpaired) electrons. The van der Waals surface area contributed by atoms with Crippen LogP contribution >= 0.6 is 15.9 Å². The number of ketones is 2. The highest BCUT2D eigenvalue weighted by molar-refractivity contribution is 9.09. The van der Waals surface area contributed by atoms with Gasteiger partial charge >= 0.3 is 11.9 Å². The topological polar surface area (TPSA) is 160 Å². The van der Waals surface area contributed by atoms with Crippen molar-refractivity contribution in [2.45, 2.75) is 79.4 Å². The smallest absolute Gasteiger partial charge is 0.335 e. The van der Waals surface area contributed by atoms with Gasteiger partial charge in [-0.05, 0) is 99.2 Å². The van der Waals surface area contributed by atoms with Crippen molar-refractivity contribution in [3.05, 3.63) is 119 Å². The number of nitrogens with zero attached hydrogens (tertiary/aromatic N) is 2. The zero-order chi connectivity index (χ0) is 42.0. The fourth-order valence-electron chi connectivity index (χ4n) is 4.96. The summed E-state index contributed by atoms with van der Waals surface area (Å²) in [6.45, 7) is 12.8. The number of phenols is 1. The quantitative estimate of drug-likeness (QED) is 0.0530. The van der Waals surface area contributed by atoms with E-state index >= 15 is 0 Å². The number of hydrogen-bond donors (Lipinski definition) is 1. The zero-order valence-corrected chi connectivity index (χ0v) is 35.3. The Morgan fingerprint density at radius 1 is 0.579 bits per heavy atom. The number of alkyl halides is 1. The van der Waals surface area contributed by atoms with Crippen molar-refractivity contribution >= 4 is 39.4 Å². The van der Waals surface area contributed by atoms with Crippen molar-refractivity contribution in [3.8, 4) is 11.5 Å². The first-order chi connectivity index (χ1) is 27.5. The summed E-state index contributed by atoms with van der Waals surface area (Å²) in [4.78, 5) is 55.0. The number of pyridine rings is 2. The minimum absolute atomic E-state index is 0.0256. The molecule has 2 heterocycles. The summed E-state index contributed by atoms with van der Waals surface area (Å²) >= 11 is 3.10. The first kappa shape index (κ1) is 48.2. The molecule has 4 rings (SSSR count). The molecular formula is C44H55BrN2O10. The van der Waals surface area contributed by atoms with Gasteiger partial charge in [0, 0.05) is 38.4 Å². The molecule has 308 valence electrons. The average molecular weight is 852 g/mol. The van der Waals surface area contributed by atoms with E-state index in [0.29, 0.717) is 61.7 Å². The van der Waals surface area contributed by atoms with E-state index in [9.17, 15) is 19.2 Å². The second-order valence-electron chi connectivity index (χ2n) is 12.2. The van der Waals surface area contributed by atoms with E-state index in [1.807, 2.05) is 45.0 Å². The maximum Gasteiger partial charge on any atom is 0.335 e. The number of carbonyl (C=O) groups is 4. The van der Waals surface area contributed by atoms with E-state index in [-0.39, 0.29) is 35.9 Å². The molecule has 0 bridgehead atoms. The highest BCUT2D eigenvalue weighted by atomic mass is 79.9. The van der Waals surface area contributed by atoms with Gasteiger partial charge in [0.15, 0.2) is 24.6 Å². The Morgan fingerprint density at radius 3 is 1.37 bits per heavy atom. The molecule has 57 heavy (non-hydrogen) atoms. The Hall–Kier alpha value is -4.98. The molecule has 2 atom stereocenters. The molecule has 2 aromatic heterocycles. The van der Waals surface area contributed by atoms with Gasteiger partial charge in [0.2, 0.25) is 5.78 Å². The fraction of sp³-hybridized carbons (Fsp3) is 0.409. The van der Waals surface area contributed by atoms with Crippen LogP contribution in [0.15, 0.2) is 85.2 Å². The van der Waals surface area contributed by atoms with E-state index in [1.165, 1.54) is 0 Å². The van der Waals surface area contributed by atoms with Gasteiger partial charge in [0.05, 0.1) is 18.5 Å². The number of aromatic hydroxyl groups is 1. The molecule has 13 heteroatoms. The maximum absolute atomic E-state index is 12.2. The Bertz CT molecular complexity index is 1770. The van der Waals surface area contributed by atoms with Gasteiger partial charge in [-0.15, -0.1) is 0 Å². The lowest BCUT2D eigenvalue weighted by molar-refractivity contribution is -0.157. The van der Waals surface area contributed by atoms with Gasteiger partial charge in [-0.3, -0.25) is 19.6 Å². The zero-order valence-electron chi connectivity index (χ0n) is 33.7. The van der Waals surface area contributed by atoms with Crippen molar-refractivity contribution in [3.63, 3.8) is 0 Å². The number of ether oxygens (including phenoxy) is 5. The van der Waals surface area contributed by atoms with Crippen LogP contribution in [0.1, 0.15) is 84.8 Å². The van der Waals surface area contributed by atoms with Gasteiger partial charge in [0.1, 0.15) is 22.9 Å². The van der Waals surface area contributed by atoms with Crippen LogP contribution in [0, 0.1) is 0 Å². The molecule has 4 aromatic rings. The van der Waals surface area contributed by atoms with Crippen LogP contribution < -0.4 is 4.74 Å². The standard InChI is InChI=1S/C22H27NO5.C13H18O4.C9H10BrNO/c1-4-16-9-12-19(23-14-16)20(24)15-28-18-10-7-17(8-11-18)13-21(26-5-2)22(25)27-6-3;1-3-16-12(13(15)17-4-2)9-10-5-7-11(14)8-6-10;1-2-7-3-4-8(11-6-7)9(12)5-10/h7-12,14,21H,4-6,13,15H2,1-3H3;5-8,12,14H,3-4,9H2,1-2H3;3-4,6H,2,5H2,1H3/t21-;12-;/m00./s1. The first-order valence-corrected chi connectivity index (χ1v) is 20.2. The maximum atomic E-state index is 12.2. The number of hydrogen-bond acceptors (Lipinski definition) is 12. The van der Waals surface area contributed by atoms with Crippen molar-refractivity contribution in [1.82, 2.24) is 9.97 Å². The lowest BCUT2D eigenvalue weighted by Crippen LogP contribution is -2.28. The number of carbonyl (C=O) groups excluding carboxylic acids is 4. The van der Waals surface area contributed by atoms with Gasteiger partial charge in [-0.25, -0.2) is 9.59 Å². The van der Waals surface area contributed by atoms with E-state index < -0.39 is 12.2 Å². The number of benzene rings is 2. The predicted octanol–water partition coefficient (Wildman–Crippen LogP) is 7.54. The molecule has 0 amide bonds. The highest BCUT2D eigenvalue weighted by Gasteiger charge is 2.21. The summed E-state index contributed by atoms with van der Waals surface area (Å²) in [5.41, 5.74) is 5.01. The van der Waals surface area contributed by atoms with Crippen molar-refractivity contribution in [2.75, 3.05) is 38.4 Å². The number of phenolic OH excluding ortho intramolecular Hbond substituents is 1. The molecule has 12 nitrogen and oxygen atoms in total. The minimum Gasteiger partial charge on any atom is -0.508 e. The van der Waals surface area contributed by atoms with Gasteiger partial charge < -0.3 is 28.8 Å². The Labute approximate surface area is 344 Å². The largest absolute Gasteiger partial charge is 0.508 e. The third-order valence-corrected chi connectivity index (χ3v) is 8.57. The van der Waals surface area contributed by atoms with Crippen LogP contribution in [-0.4, -0.2) is 89.2 Å². The summed E-state index contributed by atoms with van der Waals surface area (Å²) in [6, 6.07) is 21.2. The van der Waals surface area contributed by atoms with Gasteiger partial charge in [-0.2, -0.15) is 0 Å². The SMILES string of the molecule is CCOC(=O)[C@H](Cc1ccc(O)cc1)OCC.CCOC(=O)[C@H](Cc1ccc(OCC(=O)c2ccc(CC)cn2)cc1)OCC.CCc1ccc(C(=O)CBr)nc1. The Kier molecular flexibility index (Phi) is 23.3. The molecule has 2 aromatic carbocycles. The summed E-state index contributed by atoms with van der Waals surface area (Å²) in [7, 11) is 0. The summed E-state index contributed by atoms with van der Waals surface area (Å²) in [5, 5.41) is 9.50. The normalized spacial score (nSPS) is 11.4. The molecule has 0 aliphatic heterocycles. The number of rotatable bonds is 20. The molecule has 0 saturated heterocycles. The summed E-state index contributed by atoms with van der Waals surface area (Å²) in [5.74, 6) is -0.0772. The van der Waals surface area contributed by atoms with Crippen LogP contribution in [0.4, 0.5) is 0 Å². The number of esters is 2. The van der Waals surface area contributed by atoms with Gasteiger partial charge in [0.25, 0.3) is 0 Å². The number of halogens is 1. The number of Topliss-reactive ketones (excluding diaryl/α,β-unsaturated/α-hetero) is 2. The third-order valence-electron chi connectivity index (χ3n) is 8.07. The summed E-state index contributed by atoms with van der Waals surface area (Å²) < 4.78 is 26.4. The fourth-order valence-corrected chi connectivity index (χ4v) is 5.25. The molecule has 0 saturated carbocycles. The number of aryl methyl sites for hydroxylation is 2. The molecule has 0 spiro atoms. The first-order valence-electron chi connectivity index (χ1n) is 19.1. The highest BCUT2D eigenvalue weighted by Crippen LogP contribution is 2.16. The van der Waals surface area contributed by atoms with Crippen LogP contribution in [-0.2, 0) is 54.2 Å². The molecule has 0 aliphatic rings. The van der Waals surface area contributed by atoms with Crippen molar-refractivity contribution in [2.24, 2.45) is 0 Å². The number of aromatic nitrogens is 2. The Morgan fingerprint density at radius 2 is 1.00 bits per heavy atom. The third kappa shape index (κ3) is 18.2. The van der Waals surface area contributed by atoms with E-state index in [4.69, 9.17) is 28.8 Å². The second-order valence-corrected chi connectivity index (χ2v) is 12.8. The van der Waals surface area contributed by atoms with E-state index in [1.54, 1.807) is 74.8 Å². The molecular weight excluding hydrogens is 796 g/mol. The van der Waals surface area contributed by atoms with Crippen LogP contribution in [0.2, 0.25) is 0 Å². The summed E-state index contributed by atoms with van der Waals surface area (Å²) in [6.07, 6.45) is 4.95. The molecule has 1 N–H and O–H groups in total. The minimum atomic E-state index is -0.629. The lowest BCUT2D eigenvalue weighted by Gasteiger charge is -2.15. The van der Waals surface area contributed by atoms with Gasteiger partial charge in [-0.1, -0.05) is 66.2 Å². The Balaban J connectivity index is 0.000000327. The predicted molar refractivity (Wildman–Crippen MR) is 221 cm³/mol. The second kappa shape index (κ2) is 27.6. The molecule has 0 fully saturated rings. The molecule has 0 unspecified atom stereocenters. The average Bonchev–Trinajstić information content (AvgIpc) is 3.24. The van der Waals surface area contributed by atoms with Crippen LogP contribution in [0.5, 0.6) is 11.5 Å². The van der Waals surface area contributed by atoms with E-state index in [0.717, 1.165) is 35.1 Å². The van der Waals surface area contributed by atoms with Crippen molar-refractivity contribution in [1.29, 1.82) is 0 Å². The van der Waals surface area contributed by atoms with Crippen LogP contribution in [0.3, 0.4) is 0 Å². The molecule has 0 aliphatic carbocycles. The van der Waals surface area contributed by atoms with Crippen molar-refractivity contribution < 1.29 is 48.0 Å². The lowest BCUT2D eigenvalue weighted by atomic mass is 10.1. The van der Waals surface area contributed by atoms with E-state index in [2.05, 4.69) is 32.8 Å².